The summed E-state index contributed by atoms with van der Waals surface area (Å²) in [5.41, 5.74) is 6.79. The Balaban J connectivity index is 1.85. The van der Waals surface area contributed by atoms with E-state index in [1.807, 2.05) is 30.3 Å². The average Bonchev–Trinajstić information content (AvgIpc) is 2.89. The number of anilines is 1. The summed E-state index contributed by atoms with van der Waals surface area (Å²) in [5.74, 6) is -0.776. The average molecular weight is 527 g/mol. The first-order valence-corrected chi connectivity index (χ1v) is 14.1. The Kier molecular flexibility index (Phi) is 8.21. The molecule has 1 fully saturated rings. The molecule has 3 N–H and O–H groups in total. The minimum absolute atomic E-state index is 0.0568. The highest BCUT2D eigenvalue weighted by Gasteiger charge is 2.38. The predicted octanol–water partition coefficient (Wildman–Crippen LogP) is 5.92. The number of sulfonamides is 1. The topological polar surface area (TPSA) is 101 Å². The molecule has 0 radical (unpaired) electrons. The van der Waals surface area contributed by atoms with Crippen LogP contribution >= 0.6 is 11.6 Å². The van der Waals surface area contributed by atoms with E-state index in [-0.39, 0.29) is 27.8 Å². The summed E-state index contributed by atoms with van der Waals surface area (Å²) in [6.45, 7) is 0. The van der Waals surface area contributed by atoms with E-state index in [9.17, 15) is 18.3 Å². The van der Waals surface area contributed by atoms with Gasteiger partial charge in [-0.15, -0.1) is 0 Å². The Bertz CT molecular complexity index is 1310. The van der Waals surface area contributed by atoms with Gasteiger partial charge in [0.05, 0.1) is 10.6 Å². The first-order valence-electron chi connectivity index (χ1n) is 12.2. The van der Waals surface area contributed by atoms with Gasteiger partial charge in [-0.05, 0) is 73.6 Å². The molecule has 3 aromatic carbocycles. The molecule has 4 rings (SSSR count). The van der Waals surface area contributed by atoms with E-state index >= 15 is 0 Å². The molecular weight excluding hydrogens is 496 g/mol. The molecule has 1 amide bonds. The van der Waals surface area contributed by atoms with Gasteiger partial charge in [0.2, 0.25) is 5.91 Å². The van der Waals surface area contributed by atoms with Crippen LogP contribution in [0.15, 0.2) is 77.7 Å². The number of amides is 1. The number of phenolic OH excluding ortho intramolecular Hbond substituents is 1. The normalized spacial score (nSPS) is 15.4. The van der Waals surface area contributed by atoms with Crippen molar-refractivity contribution < 1.29 is 18.3 Å². The molecule has 0 aliphatic heterocycles. The zero-order valence-electron chi connectivity index (χ0n) is 20.0. The number of hydrogen-bond donors (Lipinski definition) is 2. The molecule has 8 heteroatoms. The lowest BCUT2D eigenvalue weighted by atomic mass is 9.81. The van der Waals surface area contributed by atoms with Gasteiger partial charge in [-0.2, -0.15) is 0 Å². The van der Waals surface area contributed by atoms with Crippen LogP contribution in [-0.2, 0) is 16.4 Å². The summed E-state index contributed by atoms with van der Waals surface area (Å²) in [4.78, 5) is 11.8. The van der Waals surface area contributed by atoms with Gasteiger partial charge < -0.3 is 10.8 Å². The van der Waals surface area contributed by atoms with Crippen LogP contribution in [0.5, 0.6) is 5.75 Å². The van der Waals surface area contributed by atoms with Crippen molar-refractivity contribution in [1.29, 1.82) is 0 Å². The van der Waals surface area contributed by atoms with Crippen molar-refractivity contribution in [2.75, 3.05) is 4.31 Å². The van der Waals surface area contributed by atoms with E-state index in [1.54, 1.807) is 0 Å². The maximum atomic E-state index is 14.3. The van der Waals surface area contributed by atoms with Gasteiger partial charge >= 0.3 is 0 Å². The van der Waals surface area contributed by atoms with Crippen molar-refractivity contribution in [3.05, 3.63) is 88.9 Å². The molecule has 1 aliphatic rings. The number of rotatable bonds is 9. The van der Waals surface area contributed by atoms with Crippen LogP contribution < -0.4 is 10.0 Å². The maximum Gasteiger partial charge on any atom is 0.264 e. The molecule has 1 unspecified atom stereocenters. The molecule has 1 aliphatic carbocycles. The van der Waals surface area contributed by atoms with Crippen LogP contribution in [0.1, 0.15) is 54.4 Å². The monoisotopic (exact) mass is 526 g/mol. The van der Waals surface area contributed by atoms with E-state index < -0.39 is 22.0 Å². The number of nitrogens with zero attached hydrogens (tertiary/aromatic N) is 1. The van der Waals surface area contributed by atoms with E-state index in [1.165, 1.54) is 46.8 Å². The number of nitrogens with two attached hydrogens (primary N) is 1. The number of carbonyl (C=O) groups is 1. The van der Waals surface area contributed by atoms with Crippen LogP contribution in [0.25, 0.3) is 0 Å². The zero-order chi connectivity index (χ0) is 25.7. The Morgan fingerprint density at radius 2 is 1.72 bits per heavy atom. The SMILES string of the molecule is NC(=O)c1cccc(S(=O)(=O)N(c2cc(Cl)ccc2O)C(CCc2ccccc2)C2CCCCC2)c1. The van der Waals surface area contributed by atoms with Crippen LogP contribution in [-0.4, -0.2) is 25.5 Å². The molecule has 0 spiro atoms. The van der Waals surface area contributed by atoms with Crippen molar-refractivity contribution in [3.8, 4) is 5.75 Å². The molecule has 0 bridgehead atoms. The Hall–Kier alpha value is -3.03. The number of primary amides is 1. The summed E-state index contributed by atoms with van der Waals surface area (Å²) in [7, 11) is -4.20. The first kappa shape index (κ1) is 26.0. The third-order valence-electron chi connectivity index (χ3n) is 6.92. The quantitative estimate of drug-likeness (QED) is 0.361. The minimum atomic E-state index is -4.20. The number of aryl methyl sites for hydroxylation is 1. The van der Waals surface area contributed by atoms with Gasteiger partial charge in [-0.1, -0.05) is 67.3 Å². The highest BCUT2D eigenvalue weighted by atomic mass is 35.5. The van der Waals surface area contributed by atoms with Crippen LogP contribution in [0.3, 0.4) is 0 Å². The summed E-state index contributed by atoms with van der Waals surface area (Å²) in [5, 5.41) is 11.2. The van der Waals surface area contributed by atoms with Crippen molar-refractivity contribution in [1.82, 2.24) is 0 Å². The van der Waals surface area contributed by atoms with Crippen molar-refractivity contribution in [2.45, 2.75) is 55.9 Å². The smallest absolute Gasteiger partial charge is 0.264 e. The van der Waals surface area contributed by atoms with Crippen molar-refractivity contribution in [2.24, 2.45) is 11.7 Å². The second kappa shape index (κ2) is 11.4. The lowest BCUT2D eigenvalue weighted by molar-refractivity contribution is 0.1000. The number of phenols is 1. The standard InChI is InChI=1S/C28H31ClN2O4S/c29-23-15-17-27(32)26(19-23)31(36(34,35)24-13-7-12-22(18-24)28(30)33)25(21-10-5-2-6-11-21)16-14-20-8-3-1-4-9-20/h1,3-4,7-9,12-13,15,17-19,21,25,32H,2,5-6,10-11,14,16H2,(H2,30,33). The highest BCUT2D eigenvalue weighted by molar-refractivity contribution is 7.92. The molecule has 3 aromatic rings. The van der Waals surface area contributed by atoms with Crippen LogP contribution in [0.2, 0.25) is 5.02 Å². The summed E-state index contributed by atoms with van der Waals surface area (Å²) in [6.07, 6.45) is 6.21. The number of halogens is 1. The summed E-state index contributed by atoms with van der Waals surface area (Å²) >= 11 is 6.29. The van der Waals surface area contributed by atoms with E-state index in [4.69, 9.17) is 17.3 Å². The third-order valence-corrected chi connectivity index (χ3v) is 8.99. The first-order chi connectivity index (χ1) is 17.3. The Morgan fingerprint density at radius 3 is 2.42 bits per heavy atom. The molecule has 0 heterocycles. The van der Waals surface area contributed by atoms with Gasteiger partial charge in [0.25, 0.3) is 10.0 Å². The largest absolute Gasteiger partial charge is 0.506 e. The highest BCUT2D eigenvalue weighted by Crippen LogP contribution is 2.41. The molecule has 0 aromatic heterocycles. The lowest BCUT2D eigenvalue weighted by Gasteiger charge is -2.40. The lowest BCUT2D eigenvalue weighted by Crippen LogP contribution is -2.46. The molecular formula is C28H31ClN2O4S. The number of carbonyl (C=O) groups excluding carboxylic acids is 1. The fraction of sp³-hybridized carbons (Fsp3) is 0.321. The number of hydrogen-bond acceptors (Lipinski definition) is 4. The molecule has 190 valence electrons. The molecule has 0 saturated heterocycles. The van der Waals surface area contributed by atoms with Gasteiger partial charge in [0.1, 0.15) is 5.75 Å². The third kappa shape index (κ3) is 5.85. The van der Waals surface area contributed by atoms with Crippen LogP contribution in [0.4, 0.5) is 5.69 Å². The van der Waals surface area contributed by atoms with E-state index in [2.05, 4.69) is 0 Å². The molecule has 1 atom stereocenters. The second-order valence-corrected chi connectivity index (χ2v) is 11.6. The van der Waals surface area contributed by atoms with Crippen molar-refractivity contribution >= 4 is 33.2 Å². The summed E-state index contributed by atoms with van der Waals surface area (Å²) < 4.78 is 29.9. The second-order valence-electron chi connectivity index (χ2n) is 9.32. The Labute approximate surface area is 217 Å². The number of aromatic hydroxyl groups is 1. The minimum Gasteiger partial charge on any atom is -0.506 e. The van der Waals surface area contributed by atoms with E-state index in [0.717, 1.165) is 37.7 Å². The Morgan fingerprint density at radius 1 is 1.00 bits per heavy atom. The van der Waals surface area contributed by atoms with Gasteiger partial charge in [-0.25, -0.2) is 8.42 Å². The van der Waals surface area contributed by atoms with Gasteiger partial charge in [0.15, 0.2) is 0 Å². The zero-order valence-corrected chi connectivity index (χ0v) is 21.6. The molecule has 6 nitrogen and oxygen atoms in total. The van der Waals surface area contributed by atoms with Crippen molar-refractivity contribution in [3.63, 3.8) is 0 Å². The maximum absolute atomic E-state index is 14.3. The van der Waals surface area contributed by atoms with Gasteiger partial charge in [0, 0.05) is 16.6 Å². The molecule has 36 heavy (non-hydrogen) atoms. The fourth-order valence-electron chi connectivity index (χ4n) is 5.11. The van der Waals surface area contributed by atoms with Crippen LogP contribution in [0, 0.1) is 5.92 Å². The van der Waals surface area contributed by atoms with Gasteiger partial charge in [-0.3, -0.25) is 9.10 Å². The summed E-state index contributed by atoms with van der Waals surface area (Å²) in [6, 6.07) is 19.7. The molecule has 1 saturated carbocycles. The number of benzene rings is 3. The van der Waals surface area contributed by atoms with E-state index in [0.29, 0.717) is 17.9 Å². The predicted molar refractivity (Wildman–Crippen MR) is 143 cm³/mol. The fourth-order valence-corrected chi connectivity index (χ4v) is 7.06.